The van der Waals surface area contributed by atoms with Crippen LogP contribution in [0.25, 0.3) is 5.69 Å². The van der Waals surface area contributed by atoms with Crippen molar-refractivity contribution < 1.29 is 13.2 Å². The minimum Gasteiger partial charge on any atom is -0.318 e. The van der Waals surface area contributed by atoms with Gasteiger partial charge in [-0.2, -0.15) is 5.10 Å². The number of hydrogen-bond acceptors (Lipinski definition) is 4. The number of benzene rings is 3. The Bertz CT molecular complexity index is 1580. The number of hydrogen-bond donors (Lipinski definition) is 1. The van der Waals surface area contributed by atoms with E-state index in [-0.39, 0.29) is 4.90 Å². The normalized spacial score (nSPS) is 11.6. The van der Waals surface area contributed by atoms with Crippen LogP contribution in [0.5, 0.6) is 0 Å². The van der Waals surface area contributed by atoms with Crippen molar-refractivity contribution in [3.05, 3.63) is 111 Å². The molecule has 0 bridgehead atoms. The summed E-state index contributed by atoms with van der Waals surface area (Å²) in [6.07, 6.45) is 1.52. The molecular weight excluding hydrogens is 543 g/mol. The van der Waals surface area contributed by atoms with Gasteiger partial charge in [-0.3, -0.25) is 9.10 Å². The maximum atomic E-state index is 13.4. The number of nitrogens with zero attached hydrogens (tertiary/aromatic N) is 3. The third-order valence-electron chi connectivity index (χ3n) is 5.91. The molecule has 0 spiro atoms. The number of anilines is 1. The molecule has 1 heterocycles. The summed E-state index contributed by atoms with van der Waals surface area (Å²) in [5.41, 5.74) is 7.17. The van der Waals surface area contributed by atoms with Gasteiger partial charge in [-0.05, 0) is 69.3 Å². The van der Waals surface area contributed by atoms with E-state index in [0.29, 0.717) is 15.7 Å². The predicted molar refractivity (Wildman–Crippen MR) is 153 cm³/mol. The summed E-state index contributed by atoms with van der Waals surface area (Å²) in [6.45, 7) is 5.30. The van der Waals surface area contributed by atoms with E-state index >= 15 is 0 Å². The lowest BCUT2D eigenvalue weighted by molar-refractivity contribution is -0.119. The van der Waals surface area contributed by atoms with Crippen LogP contribution in [0.3, 0.4) is 0 Å². The fourth-order valence-electron chi connectivity index (χ4n) is 4.07. The molecule has 3 aromatic carbocycles. The van der Waals surface area contributed by atoms with E-state index in [0.717, 1.165) is 32.5 Å². The minimum atomic E-state index is -3.99. The lowest BCUT2D eigenvalue weighted by Crippen LogP contribution is -2.39. The van der Waals surface area contributed by atoms with Crippen molar-refractivity contribution in [1.82, 2.24) is 9.99 Å². The number of halogens is 2. The third-order valence-corrected chi connectivity index (χ3v) is 8.13. The Morgan fingerprint density at radius 3 is 2.21 bits per heavy atom. The van der Waals surface area contributed by atoms with E-state index in [2.05, 4.69) is 10.5 Å². The van der Waals surface area contributed by atoms with E-state index in [1.165, 1.54) is 18.3 Å². The maximum absolute atomic E-state index is 13.4. The molecule has 4 rings (SSSR count). The Balaban J connectivity index is 1.55. The quantitative estimate of drug-likeness (QED) is 0.207. The molecule has 1 amide bonds. The van der Waals surface area contributed by atoms with Gasteiger partial charge in [0.05, 0.1) is 16.8 Å². The molecule has 0 saturated carbocycles. The first-order valence-electron chi connectivity index (χ1n) is 11.7. The highest BCUT2D eigenvalue weighted by Crippen LogP contribution is 2.26. The molecule has 10 heteroatoms. The van der Waals surface area contributed by atoms with Crippen LogP contribution in [-0.2, 0) is 14.8 Å². The molecule has 4 aromatic rings. The van der Waals surface area contributed by atoms with Crippen molar-refractivity contribution in [2.45, 2.75) is 25.7 Å². The maximum Gasteiger partial charge on any atom is 0.264 e. The molecule has 0 aliphatic heterocycles. The Morgan fingerprint density at radius 1 is 0.947 bits per heavy atom. The lowest BCUT2D eigenvalue weighted by Gasteiger charge is -2.23. The Morgan fingerprint density at radius 2 is 1.58 bits per heavy atom. The van der Waals surface area contributed by atoms with Gasteiger partial charge in [0, 0.05) is 32.7 Å². The fourth-order valence-corrected chi connectivity index (χ4v) is 6.03. The summed E-state index contributed by atoms with van der Waals surface area (Å²) >= 11 is 12.4. The SMILES string of the molecule is Cc1ccc(N(CC(=O)N/N=C\c2cc(C)n(-c3cc(Cl)cc(Cl)c3)c2C)S(=O)(=O)c2ccccc2)cc1. The Labute approximate surface area is 232 Å². The summed E-state index contributed by atoms with van der Waals surface area (Å²) in [5, 5.41) is 5.13. The van der Waals surface area contributed by atoms with Crippen LogP contribution in [0.4, 0.5) is 5.69 Å². The van der Waals surface area contributed by atoms with Gasteiger partial charge in [0.15, 0.2) is 0 Å². The van der Waals surface area contributed by atoms with Crippen LogP contribution < -0.4 is 9.73 Å². The number of carbonyl (C=O) groups is 1. The van der Waals surface area contributed by atoms with Crippen molar-refractivity contribution in [1.29, 1.82) is 0 Å². The molecule has 0 atom stereocenters. The predicted octanol–water partition coefficient (Wildman–Crippen LogP) is 6.05. The van der Waals surface area contributed by atoms with Crippen LogP contribution in [-0.4, -0.2) is 31.7 Å². The highest BCUT2D eigenvalue weighted by Gasteiger charge is 2.27. The molecule has 1 aromatic heterocycles. The van der Waals surface area contributed by atoms with Gasteiger partial charge in [0.1, 0.15) is 6.54 Å². The summed E-state index contributed by atoms with van der Waals surface area (Å²) in [6, 6.07) is 22.1. The zero-order valence-electron chi connectivity index (χ0n) is 21.0. The molecule has 196 valence electrons. The van der Waals surface area contributed by atoms with Gasteiger partial charge >= 0.3 is 0 Å². The second kappa shape index (κ2) is 11.4. The first kappa shape index (κ1) is 27.4. The summed E-state index contributed by atoms with van der Waals surface area (Å²) in [5.74, 6) is -0.586. The summed E-state index contributed by atoms with van der Waals surface area (Å²) in [4.78, 5) is 12.9. The zero-order chi connectivity index (χ0) is 27.4. The van der Waals surface area contributed by atoms with Gasteiger partial charge in [0.2, 0.25) is 0 Å². The highest BCUT2D eigenvalue weighted by atomic mass is 35.5. The van der Waals surface area contributed by atoms with Gasteiger partial charge in [0.25, 0.3) is 15.9 Å². The molecule has 0 aliphatic carbocycles. The van der Waals surface area contributed by atoms with Crippen molar-refractivity contribution in [2.24, 2.45) is 5.10 Å². The van der Waals surface area contributed by atoms with E-state index < -0.39 is 22.5 Å². The largest absolute Gasteiger partial charge is 0.318 e. The van der Waals surface area contributed by atoms with E-state index in [9.17, 15) is 13.2 Å². The summed E-state index contributed by atoms with van der Waals surface area (Å²) in [7, 11) is -3.99. The standard InChI is InChI=1S/C28H26Cl2N4O3S/c1-19-9-11-25(12-10-19)33(38(36,37)27-7-5-4-6-8-27)18-28(35)32-31-17-22-13-20(2)34(21(22)3)26-15-23(29)14-24(30)16-26/h4-17H,18H2,1-3H3,(H,32,35)/b31-17-. The molecule has 0 unspecified atom stereocenters. The van der Waals surface area contributed by atoms with Gasteiger partial charge in [-0.25, -0.2) is 13.8 Å². The molecule has 0 radical (unpaired) electrons. The number of aromatic nitrogens is 1. The minimum absolute atomic E-state index is 0.0884. The van der Waals surface area contributed by atoms with Crippen molar-refractivity contribution in [2.75, 3.05) is 10.8 Å². The van der Waals surface area contributed by atoms with Crippen molar-refractivity contribution >= 4 is 51.0 Å². The number of amides is 1. The van der Waals surface area contributed by atoms with Crippen LogP contribution in [0.2, 0.25) is 10.0 Å². The van der Waals surface area contributed by atoms with E-state index in [4.69, 9.17) is 23.2 Å². The fraction of sp³-hybridized carbons (Fsp3) is 0.143. The number of rotatable bonds is 8. The second-order valence-corrected chi connectivity index (χ2v) is 11.5. The van der Waals surface area contributed by atoms with E-state index in [1.54, 1.807) is 48.5 Å². The summed E-state index contributed by atoms with van der Waals surface area (Å²) < 4.78 is 29.9. The molecule has 0 saturated heterocycles. The average Bonchev–Trinajstić information content (AvgIpc) is 3.15. The van der Waals surface area contributed by atoms with Gasteiger partial charge in [-0.1, -0.05) is 59.1 Å². The number of nitrogens with one attached hydrogen (secondary N) is 1. The van der Waals surface area contributed by atoms with Gasteiger partial charge < -0.3 is 4.57 Å². The van der Waals surface area contributed by atoms with Crippen molar-refractivity contribution in [3.63, 3.8) is 0 Å². The zero-order valence-corrected chi connectivity index (χ0v) is 23.3. The number of aryl methyl sites for hydroxylation is 2. The van der Waals surface area contributed by atoms with Crippen LogP contribution in [0.1, 0.15) is 22.5 Å². The molecule has 1 N–H and O–H groups in total. The number of hydrazone groups is 1. The second-order valence-electron chi connectivity index (χ2n) is 8.74. The molecule has 0 aliphatic rings. The molecule has 0 fully saturated rings. The Kier molecular flexibility index (Phi) is 8.26. The van der Waals surface area contributed by atoms with Crippen LogP contribution in [0, 0.1) is 20.8 Å². The molecule has 38 heavy (non-hydrogen) atoms. The highest BCUT2D eigenvalue weighted by molar-refractivity contribution is 7.92. The van der Waals surface area contributed by atoms with Crippen molar-refractivity contribution in [3.8, 4) is 5.69 Å². The first-order chi connectivity index (χ1) is 18.1. The first-order valence-corrected chi connectivity index (χ1v) is 13.9. The van der Waals surface area contributed by atoms with E-state index in [1.807, 2.05) is 43.5 Å². The van der Waals surface area contributed by atoms with Crippen LogP contribution >= 0.6 is 23.2 Å². The van der Waals surface area contributed by atoms with Gasteiger partial charge in [-0.15, -0.1) is 0 Å². The topological polar surface area (TPSA) is 83.8 Å². The van der Waals surface area contributed by atoms with Crippen LogP contribution in [0.15, 0.2) is 88.9 Å². The smallest absolute Gasteiger partial charge is 0.264 e. The monoisotopic (exact) mass is 568 g/mol. The number of carbonyl (C=O) groups excluding carboxylic acids is 1. The molecule has 7 nitrogen and oxygen atoms in total. The lowest BCUT2D eigenvalue weighted by atomic mass is 10.2. The number of sulfonamides is 1. The molecular formula is C28H26Cl2N4O3S. The average molecular weight is 570 g/mol. The Hall–Kier alpha value is -3.59. The third kappa shape index (κ3) is 6.10.